The molecule has 0 bridgehead atoms. The highest BCUT2D eigenvalue weighted by atomic mass is 16.6. The molecule has 13 nitrogen and oxygen atoms in total. The molecule has 4 N–H and O–H groups in total. The van der Waals surface area contributed by atoms with E-state index in [0.717, 1.165) is 29.4 Å². The number of carbonyl (C=O) groups excluding carboxylic acids is 3. The van der Waals surface area contributed by atoms with Crippen molar-refractivity contribution in [2.45, 2.75) is 160 Å². The third-order valence-electron chi connectivity index (χ3n) is 8.88. The maximum absolute atomic E-state index is 13.3. The summed E-state index contributed by atoms with van der Waals surface area (Å²) >= 11 is 0. The van der Waals surface area contributed by atoms with Crippen LogP contribution in [0.2, 0.25) is 0 Å². The van der Waals surface area contributed by atoms with Gasteiger partial charge in [-0.3, -0.25) is 14.2 Å². The summed E-state index contributed by atoms with van der Waals surface area (Å²) in [5, 5.41) is 26.4. The lowest BCUT2D eigenvalue weighted by atomic mass is 10.0. The van der Waals surface area contributed by atoms with Crippen molar-refractivity contribution in [1.82, 2.24) is 14.9 Å². The second-order valence-electron chi connectivity index (χ2n) is 14.6. The number of anilines is 1. The van der Waals surface area contributed by atoms with Crippen molar-refractivity contribution in [2.24, 2.45) is 0 Å². The van der Waals surface area contributed by atoms with Crippen LogP contribution in [0.4, 0.5) is 10.6 Å². The predicted molar refractivity (Wildman–Crippen MR) is 198 cm³/mol. The van der Waals surface area contributed by atoms with Crippen LogP contribution in [0, 0.1) is 0 Å². The van der Waals surface area contributed by atoms with E-state index in [1.165, 1.54) is 70.1 Å². The van der Waals surface area contributed by atoms with E-state index in [-0.39, 0.29) is 25.3 Å². The van der Waals surface area contributed by atoms with Gasteiger partial charge in [0.15, 0.2) is 6.23 Å². The molecule has 2 amide bonds. The van der Waals surface area contributed by atoms with Gasteiger partial charge in [0.1, 0.15) is 42.4 Å². The maximum atomic E-state index is 13.3. The molecule has 0 unspecified atom stereocenters. The van der Waals surface area contributed by atoms with E-state index in [4.69, 9.17) is 14.2 Å². The lowest BCUT2D eigenvalue weighted by molar-refractivity contribution is -0.150. The van der Waals surface area contributed by atoms with E-state index in [1.54, 1.807) is 20.8 Å². The van der Waals surface area contributed by atoms with Gasteiger partial charge in [0.25, 0.3) is 0 Å². The molecule has 1 aromatic carbocycles. The van der Waals surface area contributed by atoms with Crippen LogP contribution in [0.1, 0.15) is 129 Å². The van der Waals surface area contributed by atoms with Crippen LogP contribution >= 0.6 is 0 Å². The number of alkyl carbamates (subject to hydrolysis) is 1. The normalized spacial score (nSPS) is 19.2. The summed E-state index contributed by atoms with van der Waals surface area (Å²) in [6.45, 7) is 7.07. The first kappa shape index (κ1) is 42.6. The van der Waals surface area contributed by atoms with Gasteiger partial charge >= 0.3 is 17.8 Å². The number of carbonyl (C=O) groups is 3. The number of benzene rings is 1. The minimum Gasteiger partial charge on any atom is -0.463 e. The van der Waals surface area contributed by atoms with Gasteiger partial charge in [0.2, 0.25) is 5.91 Å². The highest BCUT2D eigenvalue weighted by molar-refractivity contribution is 5.96. The van der Waals surface area contributed by atoms with Gasteiger partial charge in [-0.2, -0.15) is 4.98 Å². The Labute approximate surface area is 307 Å². The number of aromatic nitrogens is 2. The molecule has 1 aliphatic rings. The van der Waals surface area contributed by atoms with Crippen LogP contribution in [0.5, 0.6) is 0 Å². The van der Waals surface area contributed by atoms with Gasteiger partial charge in [-0.05, 0) is 38.8 Å². The summed E-state index contributed by atoms with van der Waals surface area (Å²) in [5.41, 5.74) is -0.863. The molecular formula is C39H60N4O9. The average molecular weight is 729 g/mol. The number of hydrogen-bond acceptors (Lipinski definition) is 10. The van der Waals surface area contributed by atoms with Crippen molar-refractivity contribution < 1.29 is 38.8 Å². The molecule has 13 heteroatoms. The third-order valence-corrected chi connectivity index (χ3v) is 8.88. The molecule has 2 heterocycles. The average Bonchev–Trinajstić information content (AvgIpc) is 3.37. The zero-order chi connectivity index (χ0) is 37.9. The number of nitrogens with one attached hydrogen (secondary N) is 2. The summed E-state index contributed by atoms with van der Waals surface area (Å²) in [6, 6.07) is 9.36. The number of rotatable bonds is 22. The number of amides is 2. The lowest BCUT2D eigenvalue weighted by Gasteiger charge is -2.23. The van der Waals surface area contributed by atoms with Gasteiger partial charge < -0.3 is 35.1 Å². The Hall–Kier alpha value is -3.81. The molecule has 1 aromatic heterocycles. The molecule has 1 saturated heterocycles. The molecule has 290 valence electrons. The summed E-state index contributed by atoms with van der Waals surface area (Å²) in [5.74, 6) is -1.14. The molecular weight excluding hydrogens is 668 g/mol. The fourth-order valence-electron chi connectivity index (χ4n) is 6.03. The van der Waals surface area contributed by atoms with Crippen LogP contribution in [0.15, 0.2) is 47.4 Å². The molecule has 3 rings (SSSR count). The predicted octanol–water partition coefficient (Wildman–Crippen LogP) is 5.96. The first-order valence-electron chi connectivity index (χ1n) is 19.0. The topological polar surface area (TPSA) is 178 Å². The highest BCUT2D eigenvalue weighted by Gasteiger charge is 2.44. The number of ether oxygens (including phenoxy) is 3. The molecule has 0 radical (unpaired) electrons. The van der Waals surface area contributed by atoms with E-state index < -0.39 is 59.8 Å². The van der Waals surface area contributed by atoms with Crippen molar-refractivity contribution in [2.75, 3.05) is 11.9 Å². The summed E-state index contributed by atoms with van der Waals surface area (Å²) in [6.07, 6.45) is 11.3. The number of hydrogen-bond donors (Lipinski definition) is 4. The Balaban J connectivity index is 1.43. The van der Waals surface area contributed by atoms with E-state index in [9.17, 15) is 29.4 Å². The number of unbranched alkanes of at least 4 members (excludes halogenated alkanes) is 12. The Bertz CT molecular complexity index is 1430. The Morgan fingerprint density at radius 2 is 1.48 bits per heavy atom. The minimum absolute atomic E-state index is 0.0954. The van der Waals surface area contributed by atoms with E-state index in [0.29, 0.717) is 6.42 Å². The van der Waals surface area contributed by atoms with Gasteiger partial charge in [0, 0.05) is 19.0 Å². The SMILES string of the molecule is CCCCCCCCCCCCCCCC(=O)OC[C@H]1O[C@@H](n2ccc(NC(=O)[C@H](Cc3ccccc3)NC(=O)OC(C)(C)C)nc2=O)[C@@H](O)[C@@H]1O. The maximum Gasteiger partial charge on any atom is 0.408 e. The van der Waals surface area contributed by atoms with E-state index in [1.807, 2.05) is 30.3 Å². The van der Waals surface area contributed by atoms with Gasteiger partial charge in [-0.15, -0.1) is 0 Å². The zero-order valence-electron chi connectivity index (χ0n) is 31.4. The zero-order valence-corrected chi connectivity index (χ0v) is 31.4. The van der Waals surface area contributed by atoms with Crippen molar-refractivity contribution in [3.8, 4) is 0 Å². The molecule has 1 fully saturated rings. The van der Waals surface area contributed by atoms with Crippen LogP contribution in [0.3, 0.4) is 0 Å². The number of esters is 1. The summed E-state index contributed by atoms with van der Waals surface area (Å²) in [4.78, 5) is 55.0. The Morgan fingerprint density at radius 1 is 0.885 bits per heavy atom. The van der Waals surface area contributed by atoms with Crippen LogP contribution < -0.4 is 16.3 Å². The summed E-state index contributed by atoms with van der Waals surface area (Å²) < 4.78 is 17.4. The molecule has 52 heavy (non-hydrogen) atoms. The smallest absolute Gasteiger partial charge is 0.408 e. The monoisotopic (exact) mass is 728 g/mol. The molecule has 0 aliphatic carbocycles. The van der Waals surface area contributed by atoms with Crippen molar-refractivity contribution >= 4 is 23.8 Å². The molecule has 5 atom stereocenters. The fraction of sp³-hybridized carbons (Fsp3) is 0.667. The van der Waals surface area contributed by atoms with Crippen LogP contribution in [-0.2, 0) is 30.2 Å². The van der Waals surface area contributed by atoms with Crippen LogP contribution in [-0.4, -0.2) is 74.3 Å². The second kappa shape index (κ2) is 22.3. The van der Waals surface area contributed by atoms with Gasteiger partial charge in [-0.1, -0.05) is 114 Å². The second-order valence-corrected chi connectivity index (χ2v) is 14.6. The first-order chi connectivity index (χ1) is 24.9. The fourth-order valence-corrected chi connectivity index (χ4v) is 6.03. The van der Waals surface area contributed by atoms with Crippen molar-refractivity contribution in [1.29, 1.82) is 0 Å². The van der Waals surface area contributed by atoms with E-state index in [2.05, 4.69) is 22.5 Å². The van der Waals surface area contributed by atoms with Gasteiger partial charge in [0.05, 0.1) is 0 Å². The highest BCUT2D eigenvalue weighted by Crippen LogP contribution is 2.29. The Kier molecular flexibility index (Phi) is 18.3. The quantitative estimate of drug-likeness (QED) is 0.0835. The number of aliphatic hydroxyl groups is 2. The third kappa shape index (κ3) is 15.4. The summed E-state index contributed by atoms with van der Waals surface area (Å²) in [7, 11) is 0. The van der Waals surface area contributed by atoms with Crippen LogP contribution in [0.25, 0.3) is 0 Å². The largest absolute Gasteiger partial charge is 0.463 e. The Morgan fingerprint density at radius 3 is 2.06 bits per heavy atom. The number of aliphatic hydroxyl groups excluding tert-OH is 2. The molecule has 1 aliphatic heterocycles. The van der Waals surface area contributed by atoms with Crippen molar-refractivity contribution in [3.05, 3.63) is 58.6 Å². The number of nitrogens with zero attached hydrogens (tertiary/aromatic N) is 2. The van der Waals surface area contributed by atoms with E-state index >= 15 is 0 Å². The lowest BCUT2D eigenvalue weighted by Crippen LogP contribution is -2.47. The van der Waals surface area contributed by atoms with Gasteiger partial charge in [-0.25, -0.2) is 9.59 Å². The first-order valence-corrected chi connectivity index (χ1v) is 19.0. The molecule has 0 spiro atoms. The molecule has 0 saturated carbocycles. The molecule has 2 aromatic rings. The minimum atomic E-state index is -1.50. The standard InChI is InChI=1S/C39H60N4O9/c1-5-6-7-8-9-10-11-12-13-14-15-16-20-23-32(44)50-27-30-33(45)34(46)36(51-30)43-25-24-31(42-37(43)48)41-35(47)29(26-28-21-18-17-19-22-28)40-38(49)52-39(2,3)4/h17-19,21-22,24-25,29-30,33-34,36,45-46H,5-16,20,23,26-27H2,1-4H3,(H,40,49)(H,41,42,47,48)/t29-,30+,33+,34-,36+/m0/s1. The van der Waals surface area contributed by atoms with Crippen molar-refractivity contribution in [3.63, 3.8) is 0 Å².